The first-order chi connectivity index (χ1) is 6.81. The minimum Gasteiger partial charge on any atom is -0.207 e. The molecule has 0 bridgehead atoms. The van der Waals surface area contributed by atoms with Gasteiger partial charge >= 0.3 is 0 Å². The van der Waals surface area contributed by atoms with Crippen molar-refractivity contribution >= 4 is 0 Å². The molecule has 2 unspecified atom stereocenters. The van der Waals surface area contributed by atoms with E-state index in [0.29, 0.717) is 5.92 Å². The van der Waals surface area contributed by atoms with Crippen molar-refractivity contribution in [2.75, 3.05) is 0 Å². The predicted molar refractivity (Wildman–Crippen MR) is 56.8 cm³/mol. The fourth-order valence-electron chi connectivity index (χ4n) is 2.70. The predicted octanol–water partition coefficient (Wildman–Crippen LogP) is 4.12. The Morgan fingerprint density at radius 1 is 1.36 bits per heavy atom. The number of rotatable bonds is 2. The molecule has 1 aromatic carbocycles. The van der Waals surface area contributed by atoms with Crippen LogP contribution in [0.5, 0.6) is 0 Å². The highest BCUT2D eigenvalue weighted by Gasteiger charge is 2.26. The van der Waals surface area contributed by atoms with E-state index >= 15 is 0 Å². The van der Waals surface area contributed by atoms with Gasteiger partial charge in [-0.1, -0.05) is 31.9 Å². The SMILES string of the molecule is CCC1CCCC1c1cccc(F)c1. The zero-order valence-electron chi connectivity index (χ0n) is 8.67. The van der Waals surface area contributed by atoms with Crippen LogP contribution in [-0.2, 0) is 0 Å². The summed E-state index contributed by atoms with van der Waals surface area (Å²) in [7, 11) is 0. The zero-order chi connectivity index (χ0) is 9.97. The van der Waals surface area contributed by atoms with Gasteiger partial charge in [0.2, 0.25) is 0 Å². The van der Waals surface area contributed by atoms with Crippen molar-refractivity contribution < 1.29 is 4.39 Å². The summed E-state index contributed by atoms with van der Waals surface area (Å²) in [5.74, 6) is 1.29. The quantitative estimate of drug-likeness (QED) is 0.661. The normalized spacial score (nSPS) is 26.7. The lowest BCUT2D eigenvalue weighted by Crippen LogP contribution is -2.04. The zero-order valence-corrected chi connectivity index (χ0v) is 8.67. The van der Waals surface area contributed by atoms with Crippen molar-refractivity contribution in [2.45, 2.75) is 38.5 Å². The third-order valence-electron chi connectivity index (χ3n) is 3.46. The van der Waals surface area contributed by atoms with Crippen LogP contribution in [0.25, 0.3) is 0 Å². The van der Waals surface area contributed by atoms with Gasteiger partial charge in [0.05, 0.1) is 0 Å². The highest BCUT2D eigenvalue weighted by Crippen LogP contribution is 2.41. The van der Waals surface area contributed by atoms with Gasteiger partial charge in [0.1, 0.15) is 5.82 Å². The summed E-state index contributed by atoms with van der Waals surface area (Å²) in [5.41, 5.74) is 1.20. The Balaban J connectivity index is 2.21. The molecule has 2 rings (SSSR count). The van der Waals surface area contributed by atoms with Gasteiger partial charge in [-0.2, -0.15) is 0 Å². The Hall–Kier alpha value is -0.850. The highest BCUT2D eigenvalue weighted by atomic mass is 19.1. The first kappa shape index (κ1) is 9.70. The number of hydrogen-bond acceptors (Lipinski definition) is 0. The largest absolute Gasteiger partial charge is 0.207 e. The van der Waals surface area contributed by atoms with Gasteiger partial charge in [-0.3, -0.25) is 0 Å². The summed E-state index contributed by atoms with van der Waals surface area (Å²) in [6.45, 7) is 2.24. The van der Waals surface area contributed by atoms with Crippen LogP contribution in [0.15, 0.2) is 24.3 Å². The Labute approximate surface area is 85.1 Å². The van der Waals surface area contributed by atoms with E-state index in [0.717, 1.165) is 5.92 Å². The maximum Gasteiger partial charge on any atom is 0.123 e. The third-order valence-corrected chi connectivity index (χ3v) is 3.46. The smallest absolute Gasteiger partial charge is 0.123 e. The minimum absolute atomic E-state index is 0.0933. The summed E-state index contributed by atoms with van der Waals surface area (Å²) in [5, 5.41) is 0. The average Bonchev–Trinajstić information content (AvgIpc) is 2.65. The summed E-state index contributed by atoms with van der Waals surface area (Å²) in [6, 6.07) is 7.13. The van der Waals surface area contributed by atoms with Crippen molar-refractivity contribution in [2.24, 2.45) is 5.92 Å². The van der Waals surface area contributed by atoms with Gasteiger partial charge in [0.15, 0.2) is 0 Å². The van der Waals surface area contributed by atoms with E-state index in [9.17, 15) is 4.39 Å². The molecule has 2 atom stereocenters. The molecule has 1 aliphatic rings. The van der Waals surface area contributed by atoms with Crippen molar-refractivity contribution in [1.29, 1.82) is 0 Å². The van der Waals surface area contributed by atoms with Crippen molar-refractivity contribution in [1.82, 2.24) is 0 Å². The molecule has 0 spiro atoms. The molecule has 1 aromatic rings. The van der Waals surface area contributed by atoms with Gasteiger partial charge in [0.25, 0.3) is 0 Å². The molecule has 0 saturated heterocycles. The summed E-state index contributed by atoms with van der Waals surface area (Å²) >= 11 is 0. The van der Waals surface area contributed by atoms with E-state index in [-0.39, 0.29) is 5.82 Å². The maximum atomic E-state index is 13.1. The van der Waals surface area contributed by atoms with Gasteiger partial charge in [-0.15, -0.1) is 0 Å². The van der Waals surface area contributed by atoms with Crippen LogP contribution in [0.3, 0.4) is 0 Å². The molecule has 0 amide bonds. The molecule has 0 aliphatic heterocycles. The average molecular weight is 192 g/mol. The molecular weight excluding hydrogens is 175 g/mol. The molecule has 1 fully saturated rings. The van der Waals surface area contributed by atoms with Crippen LogP contribution < -0.4 is 0 Å². The van der Waals surface area contributed by atoms with Crippen LogP contribution in [0.4, 0.5) is 4.39 Å². The fourth-order valence-corrected chi connectivity index (χ4v) is 2.70. The standard InChI is InChI=1S/C13H17F/c1-2-10-5-4-8-13(10)11-6-3-7-12(14)9-11/h3,6-7,9-10,13H,2,4-5,8H2,1H3. The summed E-state index contributed by atoms with van der Waals surface area (Å²) < 4.78 is 13.1. The second kappa shape index (κ2) is 4.12. The highest BCUT2D eigenvalue weighted by molar-refractivity contribution is 5.22. The van der Waals surface area contributed by atoms with Crippen molar-refractivity contribution in [3.63, 3.8) is 0 Å². The molecule has 0 radical (unpaired) electrons. The van der Waals surface area contributed by atoms with Gasteiger partial charge in [0, 0.05) is 0 Å². The second-order valence-corrected chi connectivity index (χ2v) is 4.26. The molecular formula is C13H17F. The first-order valence-corrected chi connectivity index (χ1v) is 5.56. The van der Waals surface area contributed by atoms with E-state index in [1.54, 1.807) is 6.07 Å². The molecule has 0 aromatic heterocycles. The van der Waals surface area contributed by atoms with Crippen LogP contribution in [0.2, 0.25) is 0 Å². The fraction of sp³-hybridized carbons (Fsp3) is 0.538. The van der Waals surface area contributed by atoms with Gasteiger partial charge < -0.3 is 0 Å². The van der Waals surface area contributed by atoms with Crippen LogP contribution in [-0.4, -0.2) is 0 Å². The van der Waals surface area contributed by atoms with Gasteiger partial charge in [-0.25, -0.2) is 4.39 Å². The number of benzene rings is 1. The molecule has 1 aliphatic carbocycles. The van der Waals surface area contributed by atoms with E-state index in [1.807, 2.05) is 6.07 Å². The molecule has 0 nitrogen and oxygen atoms in total. The van der Waals surface area contributed by atoms with E-state index in [4.69, 9.17) is 0 Å². The topological polar surface area (TPSA) is 0 Å². The van der Waals surface area contributed by atoms with Crippen molar-refractivity contribution in [3.8, 4) is 0 Å². The van der Waals surface area contributed by atoms with Crippen LogP contribution >= 0.6 is 0 Å². The van der Waals surface area contributed by atoms with E-state index < -0.39 is 0 Å². The lowest BCUT2D eigenvalue weighted by Gasteiger charge is -2.18. The Morgan fingerprint density at radius 2 is 2.21 bits per heavy atom. The van der Waals surface area contributed by atoms with Crippen LogP contribution in [0.1, 0.15) is 44.1 Å². The summed E-state index contributed by atoms with van der Waals surface area (Å²) in [6.07, 6.45) is 5.08. The molecule has 76 valence electrons. The third kappa shape index (κ3) is 1.82. The van der Waals surface area contributed by atoms with Crippen LogP contribution in [0, 0.1) is 11.7 Å². The molecule has 14 heavy (non-hydrogen) atoms. The Kier molecular flexibility index (Phi) is 2.85. The van der Waals surface area contributed by atoms with Gasteiger partial charge in [-0.05, 0) is 42.4 Å². The minimum atomic E-state index is -0.0933. The number of hydrogen-bond donors (Lipinski definition) is 0. The van der Waals surface area contributed by atoms with E-state index in [1.165, 1.54) is 37.3 Å². The molecule has 0 N–H and O–H groups in total. The lowest BCUT2D eigenvalue weighted by atomic mass is 9.87. The Morgan fingerprint density at radius 3 is 2.93 bits per heavy atom. The maximum absolute atomic E-state index is 13.1. The monoisotopic (exact) mass is 192 g/mol. The Bertz CT molecular complexity index is 306. The second-order valence-electron chi connectivity index (χ2n) is 4.26. The van der Waals surface area contributed by atoms with Crippen molar-refractivity contribution in [3.05, 3.63) is 35.6 Å². The first-order valence-electron chi connectivity index (χ1n) is 5.56. The molecule has 1 heteroatoms. The lowest BCUT2D eigenvalue weighted by molar-refractivity contribution is 0.467. The summed E-state index contributed by atoms with van der Waals surface area (Å²) in [4.78, 5) is 0. The molecule has 0 heterocycles. The number of halogens is 1. The molecule has 1 saturated carbocycles. The van der Waals surface area contributed by atoms with E-state index in [2.05, 4.69) is 13.0 Å².